The minimum absolute atomic E-state index is 0.174. The molecule has 60 valence electrons. The number of rotatable bonds is 2. The van der Waals surface area contributed by atoms with Crippen LogP contribution >= 0.6 is 22.9 Å². The highest BCUT2D eigenvalue weighted by molar-refractivity contribution is 7.19. The van der Waals surface area contributed by atoms with Crippen LogP contribution in [0.2, 0.25) is 4.34 Å². The van der Waals surface area contributed by atoms with E-state index in [0.717, 1.165) is 11.3 Å². The van der Waals surface area contributed by atoms with Crippen molar-refractivity contribution >= 4 is 34.0 Å². The van der Waals surface area contributed by atoms with Gasteiger partial charge in [-0.25, -0.2) is 4.98 Å². The van der Waals surface area contributed by atoms with Gasteiger partial charge < -0.3 is 10.8 Å². The molecule has 0 unspecified atom stereocenters. The summed E-state index contributed by atoms with van der Waals surface area (Å²) in [7, 11) is 0. The van der Waals surface area contributed by atoms with E-state index in [-0.39, 0.29) is 6.42 Å². The number of halogens is 1. The SMILES string of the molecule is Nc1nc(CC(=O)O)c(Cl)s1. The number of nitrogen functional groups attached to an aromatic ring is 1. The molecule has 3 N–H and O–H groups in total. The first-order valence-electron chi connectivity index (χ1n) is 2.72. The highest BCUT2D eigenvalue weighted by Crippen LogP contribution is 2.25. The summed E-state index contributed by atoms with van der Waals surface area (Å²) < 4.78 is 0.352. The number of aliphatic carboxylic acids is 1. The second kappa shape index (κ2) is 3.06. The van der Waals surface area contributed by atoms with Crippen LogP contribution in [-0.4, -0.2) is 16.1 Å². The van der Waals surface area contributed by atoms with E-state index >= 15 is 0 Å². The molecule has 1 rings (SSSR count). The van der Waals surface area contributed by atoms with Gasteiger partial charge in [0, 0.05) is 0 Å². The molecule has 0 radical (unpaired) electrons. The minimum Gasteiger partial charge on any atom is -0.481 e. The van der Waals surface area contributed by atoms with E-state index in [1.165, 1.54) is 0 Å². The van der Waals surface area contributed by atoms with Gasteiger partial charge in [-0.2, -0.15) is 0 Å². The Kier molecular flexibility index (Phi) is 2.31. The lowest BCUT2D eigenvalue weighted by atomic mass is 10.3. The molecule has 0 saturated carbocycles. The van der Waals surface area contributed by atoms with Gasteiger partial charge in [0.05, 0.1) is 12.1 Å². The van der Waals surface area contributed by atoms with Crippen molar-refractivity contribution in [1.82, 2.24) is 4.98 Å². The maximum absolute atomic E-state index is 10.2. The Bertz CT molecular complexity index is 286. The third kappa shape index (κ3) is 2.06. The van der Waals surface area contributed by atoms with Gasteiger partial charge in [0.1, 0.15) is 4.34 Å². The zero-order valence-electron chi connectivity index (χ0n) is 5.37. The molecule has 0 aromatic carbocycles. The number of hydrogen-bond acceptors (Lipinski definition) is 4. The monoisotopic (exact) mass is 192 g/mol. The predicted molar refractivity (Wildman–Crippen MR) is 42.9 cm³/mol. The van der Waals surface area contributed by atoms with E-state index in [0.29, 0.717) is 15.2 Å². The van der Waals surface area contributed by atoms with Gasteiger partial charge in [-0.3, -0.25) is 4.79 Å². The summed E-state index contributed by atoms with van der Waals surface area (Å²) in [6.45, 7) is 0. The van der Waals surface area contributed by atoms with Gasteiger partial charge in [-0.15, -0.1) is 0 Å². The molecule has 1 aromatic rings. The largest absolute Gasteiger partial charge is 0.481 e. The summed E-state index contributed by atoms with van der Waals surface area (Å²) in [6, 6.07) is 0. The highest BCUT2D eigenvalue weighted by atomic mass is 35.5. The van der Waals surface area contributed by atoms with Crippen LogP contribution in [0, 0.1) is 0 Å². The Morgan fingerprint density at radius 1 is 1.82 bits per heavy atom. The Labute approximate surface area is 71.6 Å². The molecule has 0 spiro atoms. The van der Waals surface area contributed by atoms with Crippen molar-refractivity contribution in [3.8, 4) is 0 Å². The molecule has 6 heteroatoms. The van der Waals surface area contributed by atoms with Crippen molar-refractivity contribution in [3.63, 3.8) is 0 Å². The molecular formula is C5H5ClN2O2S. The number of thiazole rings is 1. The van der Waals surface area contributed by atoms with Gasteiger partial charge in [0.25, 0.3) is 0 Å². The summed E-state index contributed by atoms with van der Waals surface area (Å²) in [4.78, 5) is 13.9. The van der Waals surface area contributed by atoms with Crippen LogP contribution in [0.15, 0.2) is 0 Å². The molecule has 0 fully saturated rings. The summed E-state index contributed by atoms with van der Waals surface area (Å²) in [5, 5.41) is 8.66. The highest BCUT2D eigenvalue weighted by Gasteiger charge is 2.10. The lowest BCUT2D eigenvalue weighted by Gasteiger charge is -1.88. The average Bonchev–Trinajstić information content (AvgIpc) is 2.09. The van der Waals surface area contributed by atoms with Crippen molar-refractivity contribution in [1.29, 1.82) is 0 Å². The number of carboxylic acid groups (broad SMARTS) is 1. The summed E-state index contributed by atoms with van der Waals surface area (Å²) in [5.74, 6) is -0.961. The topological polar surface area (TPSA) is 76.2 Å². The van der Waals surface area contributed by atoms with E-state index in [4.69, 9.17) is 22.4 Å². The van der Waals surface area contributed by atoms with Crippen LogP contribution in [0.4, 0.5) is 5.13 Å². The molecule has 0 amide bonds. The van der Waals surface area contributed by atoms with Crippen LogP contribution in [0.3, 0.4) is 0 Å². The zero-order valence-corrected chi connectivity index (χ0v) is 6.95. The number of carboxylic acids is 1. The van der Waals surface area contributed by atoms with Crippen LogP contribution < -0.4 is 5.73 Å². The number of carbonyl (C=O) groups is 1. The molecule has 0 bridgehead atoms. The standard InChI is InChI=1S/C5H5ClN2O2S/c6-4-2(1-3(9)10)8-5(7)11-4/h1H2,(H2,7,8)(H,9,10). The molecule has 4 nitrogen and oxygen atoms in total. The van der Waals surface area contributed by atoms with Gasteiger partial charge in [0.2, 0.25) is 0 Å². The molecule has 0 atom stereocenters. The van der Waals surface area contributed by atoms with Crippen LogP contribution in [0.5, 0.6) is 0 Å². The summed E-state index contributed by atoms with van der Waals surface area (Å²) in [6.07, 6.45) is -0.174. The van der Waals surface area contributed by atoms with Crippen LogP contribution in [0.25, 0.3) is 0 Å². The lowest BCUT2D eigenvalue weighted by Crippen LogP contribution is -2.00. The van der Waals surface area contributed by atoms with Crippen molar-refractivity contribution in [2.75, 3.05) is 5.73 Å². The minimum atomic E-state index is -0.961. The number of hydrogen-bond donors (Lipinski definition) is 2. The zero-order chi connectivity index (χ0) is 8.43. The second-order valence-electron chi connectivity index (χ2n) is 1.84. The Hall–Kier alpha value is -0.810. The molecule has 1 aromatic heterocycles. The van der Waals surface area contributed by atoms with Crippen LogP contribution in [0.1, 0.15) is 5.69 Å². The van der Waals surface area contributed by atoms with E-state index < -0.39 is 5.97 Å². The molecule has 0 aliphatic heterocycles. The van der Waals surface area contributed by atoms with Crippen molar-refractivity contribution in [3.05, 3.63) is 10.0 Å². The summed E-state index contributed by atoms with van der Waals surface area (Å²) >= 11 is 6.68. The normalized spacial score (nSPS) is 9.91. The van der Waals surface area contributed by atoms with Gasteiger partial charge >= 0.3 is 5.97 Å². The van der Waals surface area contributed by atoms with Crippen molar-refractivity contribution in [2.24, 2.45) is 0 Å². The molecule has 0 aliphatic rings. The van der Waals surface area contributed by atoms with Gasteiger partial charge in [0.15, 0.2) is 5.13 Å². The Morgan fingerprint density at radius 2 is 2.45 bits per heavy atom. The quantitative estimate of drug-likeness (QED) is 0.733. The third-order valence-electron chi connectivity index (χ3n) is 0.985. The van der Waals surface area contributed by atoms with E-state index in [1.54, 1.807) is 0 Å². The van der Waals surface area contributed by atoms with Crippen molar-refractivity contribution in [2.45, 2.75) is 6.42 Å². The molecule has 0 aliphatic carbocycles. The average molecular weight is 193 g/mol. The van der Waals surface area contributed by atoms with E-state index in [9.17, 15) is 4.79 Å². The first kappa shape index (κ1) is 8.29. The molecule has 0 saturated heterocycles. The number of nitrogens with two attached hydrogens (primary N) is 1. The predicted octanol–water partition coefficient (Wildman–Crippen LogP) is 1.01. The Balaban J connectivity index is 2.85. The molecule has 11 heavy (non-hydrogen) atoms. The lowest BCUT2D eigenvalue weighted by molar-refractivity contribution is -0.136. The second-order valence-corrected chi connectivity index (χ2v) is 3.48. The number of nitrogens with zero attached hydrogens (tertiary/aromatic N) is 1. The maximum Gasteiger partial charge on any atom is 0.309 e. The third-order valence-corrected chi connectivity index (χ3v) is 2.15. The first-order valence-corrected chi connectivity index (χ1v) is 3.91. The van der Waals surface area contributed by atoms with Crippen LogP contribution in [-0.2, 0) is 11.2 Å². The fourth-order valence-electron chi connectivity index (χ4n) is 0.603. The van der Waals surface area contributed by atoms with Gasteiger partial charge in [-0.1, -0.05) is 22.9 Å². The summed E-state index contributed by atoms with van der Waals surface area (Å²) in [5.41, 5.74) is 5.62. The molecular weight excluding hydrogens is 188 g/mol. The smallest absolute Gasteiger partial charge is 0.309 e. The van der Waals surface area contributed by atoms with Gasteiger partial charge in [-0.05, 0) is 0 Å². The van der Waals surface area contributed by atoms with E-state index in [1.807, 2.05) is 0 Å². The number of anilines is 1. The fourth-order valence-corrected chi connectivity index (χ4v) is 1.52. The van der Waals surface area contributed by atoms with Crippen molar-refractivity contribution < 1.29 is 9.90 Å². The first-order chi connectivity index (χ1) is 5.09. The molecule has 1 heterocycles. The maximum atomic E-state index is 10.2. The van der Waals surface area contributed by atoms with E-state index in [2.05, 4.69) is 4.98 Å². The fraction of sp³-hybridized carbons (Fsp3) is 0.200. The Morgan fingerprint density at radius 3 is 2.82 bits per heavy atom. The number of aromatic nitrogens is 1.